The molecule has 4 rings (SSSR count). The lowest BCUT2D eigenvalue weighted by Gasteiger charge is -2.30. The molecular formula is C23H18F3N2O3-. The first-order valence-corrected chi connectivity index (χ1v) is 9.52. The van der Waals surface area contributed by atoms with Crippen LogP contribution < -0.4 is 5.11 Å². The third kappa shape index (κ3) is 3.48. The average Bonchev–Trinajstić information content (AvgIpc) is 3.04. The topological polar surface area (TPSA) is 76.2 Å². The van der Waals surface area contributed by atoms with Gasteiger partial charge in [-0.25, -0.2) is 0 Å². The molecule has 160 valence electrons. The zero-order valence-corrected chi connectivity index (χ0v) is 16.7. The van der Waals surface area contributed by atoms with E-state index in [9.17, 15) is 27.9 Å². The molecule has 0 saturated carbocycles. The molecule has 0 bridgehead atoms. The van der Waals surface area contributed by atoms with E-state index in [1.807, 2.05) is 26.0 Å². The van der Waals surface area contributed by atoms with Crippen molar-refractivity contribution in [2.24, 2.45) is 0 Å². The Labute approximate surface area is 175 Å². The number of carboxylic acid groups (broad SMARTS) is 1. The van der Waals surface area contributed by atoms with Crippen molar-refractivity contribution in [3.8, 4) is 0 Å². The predicted octanol–water partition coefficient (Wildman–Crippen LogP) is 3.71. The van der Waals surface area contributed by atoms with Crippen LogP contribution in [-0.4, -0.2) is 28.3 Å². The molecule has 3 aromatic rings. The average molecular weight is 427 g/mol. The minimum atomic E-state index is -4.73. The second-order valence-corrected chi connectivity index (χ2v) is 8.11. The van der Waals surface area contributed by atoms with Crippen LogP contribution in [0.4, 0.5) is 13.2 Å². The number of nitrogens with zero attached hydrogens (tertiary/aromatic N) is 1. The highest BCUT2D eigenvalue weighted by Crippen LogP contribution is 2.40. The number of carbonyl (C=O) groups excluding carboxylic acids is 2. The summed E-state index contributed by atoms with van der Waals surface area (Å²) in [6.07, 6.45) is -3.66. The van der Waals surface area contributed by atoms with Crippen molar-refractivity contribution in [2.75, 3.05) is 6.54 Å². The van der Waals surface area contributed by atoms with Gasteiger partial charge in [0, 0.05) is 34.6 Å². The Bertz CT molecular complexity index is 1240. The van der Waals surface area contributed by atoms with E-state index in [-0.39, 0.29) is 17.8 Å². The molecule has 0 aliphatic carbocycles. The summed E-state index contributed by atoms with van der Waals surface area (Å²) < 4.78 is 40.4. The normalized spacial score (nSPS) is 15.9. The van der Waals surface area contributed by atoms with Gasteiger partial charge in [0.2, 0.25) is 0 Å². The van der Waals surface area contributed by atoms with Crippen molar-refractivity contribution < 1.29 is 27.9 Å². The number of carbonyl (C=O) groups is 2. The Morgan fingerprint density at radius 2 is 1.71 bits per heavy atom. The van der Waals surface area contributed by atoms with Gasteiger partial charge in [-0.05, 0) is 23.8 Å². The maximum atomic E-state index is 13.5. The summed E-state index contributed by atoms with van der Waals surface area (Å²) in [6, 6.07) is 11.7. The van der Waals surface area contributed by atoms with Crippen LogP contribution in [0.5, 0.6) is 0 Å². The van der Waals surface area contributed by atoms with Gasteiger partial charge in [-0.1, -0.05) is 44.2 Å². The van der Waals surface area contributed by atoms with Crippen LogP contribution in [0, 0.1) is 0 Å². The number of hydrogen-bond donors (Lipinski definition) is 1. The lowest BCUT2D eigenvalue weighted by Crippen LogP contribution is -2.37. The van der Waals surface area contributed by atoms with Crippen LogP contribution in [0.3, 0.4) is 0 Å². The number of halogens is 3. The van der Waals surface area contributed by atoms with Crippen molar-refractivity contribution >= 4 is 28.4 Å². The van der Waals surface area contributed by atoms with Crippen molar-refractivity contribution in [2.45, 2.75) is 25.4 Å². The molecule has 1 N–H and O–H groups in total. The van der Waals surface area contributed by atoms with Gasteiger partial charge in [0.1, 0.15) is 0 Å². The molecule has 0 saturated heterocycles. The lowest BCUT2D eigenvalue weighted by molar-refractivity contribution is -0.295. The zero-order valence-electron chi connectivity index (χ0n) is 16.7. The van der Waals surface area contributed by atoms with E-state index < -0.39 is 34.6 Å². The minimum Gasteiger partial charge on any atom is -0.545 e. The molecule has 0 fully saturated rings. The number of para-hydroxylation sites is 1. The summed E-state index contributed by atoms with van der Waals surface area (Å²) >= 11 is 0. The molecule has 8 heteroatoms. The second kappa shape index (κ2) is 7.01. The van der Waals surface area contributed by atoms with Crippen LogP contribution in [-0.2, 0) is 16.4 Å². The smallest absolute Gasteiger partial charge is 0.417 e. The quantitative estimate of drug-likeness (QED) is 0.678. The largest absolute Gasteiger partial charge is 0.545 e. The number of fused-ring (bicyclic) bond motifs is 3. The van der Waals surface area contributed by atoms with Gasteiger partial charge in [-0.2, -0.15) is 13.2 Å². The molecule has 0 radical (unpaired) electrons. The van der Waals surface area contributed by atoms with Crippen molar-refractivity contribution in [1.82, 2.24) is 9.88 Å². The summed E-state index contributed by atoms with van der Waals surface area (Å²) in [5.41, 5.74) is -1.02. The summed E-state index contributed by atoms with van der Waals surface area (Å²) in [7, 11) is 0. The number of amides is 1. The van der Waals surface area contributed by atoms with Gasteiger partial charge in [-0.3, -0.25) is 4.79 Å². The Morgan fingerprint density at radius 3 is 2.39 bits per heavy atom. The van der Waals surface area contributed by atoms with E-state index in [0.717, 1.165) is 34.1 Å². The summed E-state index contributed by atoms with van der Waals surface area (Å²) in [6.45, 7) is 3.60. The highest BCUT2D eigenvalue weighted by atomic mass is 19.4. The van der Waals surface area contributed by atoms with Gasteiger partial charge in [0.05, 0.1) is 22.8 Å². The van der Waals surface area contributed by atoms with Gasteiger partial charge in [0.25, 0.3) is 5.91 Å². The highest BCUT2D eigenvalue weighted by Gasteiger charge is 2.39. The summed E-state index contributed by atoms with van der Waals surface area (Å²) in [4.78, 5) is 29.2. The number of alkyl halides is 3. The number of rotatable bonds is 2. The Hall–Kier alpha value is -3.55. The Kier molecular flexibility index (Phi) is 4.68. The molecule has 31 heavy (non-hydrogen) atoms. The number of nitrogens with one attached hydrogen (secondary N) is 1. The van der Waals surface area contributed by atoms with Crippen LogP contribution in [0.1, 0.15) is 41.0 Å². The van der Waals surface area contributed by atoms with Crippen LogP contribution in [0.25, 0.3) is 16.5 Å². The molecule has 2 heterocycles. The van der Waals surface area contributed by atoms with Gasteiger partial charge < -0.3 is 19.8 Å². The van der Waals surface area contributed by atoms with E-state index in [1.165, 1.54) is 12.1 Å². The number of H-pyrrole nitrogens is 1. The first-order valence-electron chi connectivity index (χ1n) is 9.52. The van der Waals surface area contributed by atoms with E-state index in [1.54, 1.807) is 12.1 Å². The monoisotopic (exact) mass is 427 g/mol. The van der Waals surface area contributed by atoms with E-state index >= 15 is 0 Å². The summed E-state index contributed by atoms with van der Waals surface area (Å²) in [5, 5.41) is 12.7. The number of aromatic nitrogens is 1. The molecular weight excluding hydrogens is 409 g/mol. The number of aromatic amines is 1. The molecule has 1 aromatic heterocycles. The fraction of sp³-hybridized carbons (Fsp3) is 0.217. The van der Waals surface area contributed by atoms with E-state index in [2.05, 4.69) is 4.98 Å². The lowest BCUT2D eigenvalue weighted by atomic mass is 9.81. The Morgan fingerprint density at radius 1 is 1.06 bits per heavy atom. The number of benzene rings is 2. The van der Waals surface area contributed by atoms with Gasteiger partial charge >= 0.3 is 6.18 Å². The Balaban J connectivity index is 1.90. The molecule has 1 aliphatic rings. The molecule has 0 atom stereocenters. The maximum Gasteiger partial charge on any atom is 0.417 e. The third-order valence-corrected chi connectivity index (χ3v) is 5.45. The SMILES string of the molecule is CC1(C)CN(C(=O)c2ccccc2C(F)(F)F)C=C(C(=O)[O-])c2[nH]c3ccccc3c21. The van der Waals surface area contributed by atoms with Crippen molar-refractivity contribution in [1.29, 1.82) is 0 Å². The summed E-state index contributed by atoms with van der Waals surface area (Å²) in [5.74, 6) is -2.47. The molecule has 0 unspecified atom stereocenters. The second-order valence-electron chi connectivity index (χ2n) is 8.11. The van der Waals surface area contributed by atoms with Gasteiger partial charge in [0.15, 0.2) is 0 Å². The number of carboxylic acids is 1. The molecule has 0 spiro atoms. The van der Waals surface area contributed by atoms with E-state index in [4.69, 9.17) is 0 Å². The first kappa shape index (κ1) is 20.7. The van der Waals surface area contributed by atoms with Crippen LogP contribution >= 0.6 is 0 Å². The van der Waals surface area contributed by atoms with Crippen LogP contribution in [0.2, 0.25) is 0 Å². The predicted molar refractivity (Wildman–Crippen MR) is 107 cm³/mol. The third-order valence-electron chi connectivity index (χ3n) is 5.45. The minimum absolute atomic E-state index is 0.0242. The molecule has 1 amide bonds. The molecule has 1 aliphatic heterocycles. The highest BCUT2D eigenvalue weighted by molar-refractivity contribution is 6.16. The van der Waals surface area contributed by atoms with Crippen molar-refractivity contribution in [3.05, 3.63) is 77.1 Å². The standard InChI is InChI=1S/C23H19F3N2O3/c1-22(2)12-28(20(29)13-7-3-5-9-16(13)23(24,25)26)11-15(21(30)31)19-18(22)14-8-4-6-10-17(14)27-19/h3-11,27H,12H2,1-2H3,(H,30,31)/p-1. The first-order chi connectivity index (χ1) is 14.5. The fourth-order valence-corrected chi connectivity index (χ4v) is 4.17. The maximum absolute atomic E-state index is 13.5. The van der Waals surface area contributed by atoms with Gasteiger partial charge in [-0.15, -0.1) is 0 Å². The van der Waals surface area contributed by atoms with Crippen molar-refractivity contribution in [3.63, 3.8) is 0 Å². The zero-order chi connectivity index (χ0) is 22.6. The van der Waals surface area contributed by atoms with E-state index in [0.29, 0.717) is 5.56 Å². The van der Waals surface area contributed by atoms with Crippen LogP contribution in [0.15, 0.2) is 54.7 Å². The molecule has 5 nitrogen and oxygen atoms in total. The molecule has 2 aromatic carbocycles. The number of aliphatic carboxylic acids is 1. The fourth-order valence-electron chi connectivity index (χ4n) is 4.17. The number of hydrogen-bond acceptors (Lipinski definition) is 3.